The van der Waals surface area contributed by atoms with Gasteiger partial charge in [-0.2, -0.15) is 0 Å². The van der Waals surface area contributed by atoms with E-state index in [1.54, 1.807) is 0 Å². The van der Waals surface area contributed by atoms with Crippen LogP contribution in [0.15, 0.2) is 0 Å². The summed E-state index contributed by atoms with van der Waals surface area (Å²) in [6.45, 7) is 5.65. The van der Waals surface area contributed by atoms with Crippen LogP contribution in [-0.4, -0.2) is 86.1 Å². The summed E-state index contributed by atoms with van der Waals surface area (Å²) in [6, 6.07) is -0.438. The zero-order valence-electron chi connectivity index (χ0n) is 11.8. The van der Waals surface area contributed by atoms with E-state index in [0.29, 0.717) is 39.3 Å². The Balaban J connectivity index is 1.63. The van der Waals surface area contributed by atoms with Gasteiger partial charge in [0.05, 0.1) is 38.5 Å². The van der Waals surface area contributed by atoms with Crippen LogP contribution in [0.1, 0.15) is 12.8 Å². The van der Waals surface area contributed by atoms with E-state index in [-0.39, 0.29) is 23.7 Å². The predicted molar refractivity (Wildman–Crippen MR) is 71.6 cm³/mol. The molecule has 3 fully saturated rings. The summed E-state index contributed by atoms with van der Waals surface area (Å²) < 4.78 is 10.6. The Morgan fingerprint density at radius 1 is 0.700 bits per heavy atom. The topological polar surface area (TPSA) is 59.1 Å². The van der Waals surface area contributed by atoms with E-state index in [1.165, 1.54) is 0 Å². The lowest BCUT2D eigenvalue weighted by Gasteiger charge is -2.40. The minimum atomic E-state index is -0.219. The van der Waals surface area contributed by atoms with Gasteiger partial charge in [0.1, 0.15) is 0 Å². The van der Waals surface area contributed by atoms with Crippen LogP contribution in [0.4, 0.5) is 0 Å². The predicted octanol–water partition coefficient (Wildman–Crippen LogP) is -0.680. The lowest BCUT2D eigenvalue weighted by atomic mass is 9.86. The number of nitrogens with zero attached hydrogens (tertiary/aromatic N) is 2. The highest BCUT2D eigenvalue weighted by Gasteiger charge is 2.40. The Bertz CT molecular complexity index is 339. The Morgan fingerprint density at radius 3 is 1.40 bits per heavy atom. The standard InChI is InChI=1S/C14H22N2O4/c17-13-10-12(16-3-7-20-8-4-16)14(18)9-11(13)15-1-5-19-6-2-15/h11-12H,1-10H2/t11-,12+. The van der Waals surface area contributed by atoms with Gasteiger partial charge in [-0.15, -0.1) is 0 Å². The molecule has 2 aliphatic heterocycles. The number of morpholine rings is 2. The van der Waals surface area contributed by atoms with Gasteiger partial charge >= 0.3 is 0 Å². The quantitative estimate of drug-likeness (QED) is 0.669. The summed E-state index contributed by atoms with van der Waals surface area (Å²) in [7, 11) is 0. The number of ether oxygens (including phenoxy) is 2. The van der Waals surface area contributed by atoms with Gasteiger partial charge in [-0.25, -0.2) is 0 Å². The molecular formula is C14H22N2O4. The lowest BCUT2D eigenvalue weighted by Crippen LogP contribution is -2.57. The van der Waals surface area contributed by atoms with Crippen molar-refractivity contribution in [3.8, 4) is 0 Å². The number of carbonyl (C=O) groups is 2. The van der Waals surface area contributed by atoms with Crippen LogP contribution >= 0.6 is 0 Å². The summed E-state index contributed by atoms with van der Waals surface area (Å²) >= 11 is 0. The van der Waals surface area contributed by atoms with Gasteiger partial charge in [0.2, 0.25) is 0 Å². The number of ketones is 2. The third-order valence-electron chi connectivity index (χ3n) is 4.51. The minimum absolute atomic E-state index is 0.211. The zero-order valence-corrected chi connectivity index (χ0v) is 11.8. The lowest BCUT2D eigenvalue weighted by molar-refractivity contribution is -0.142. The van der Waals surface area contributed by atoms with E-state index < -0.39 is 0 Å². The third-order valence-corrected chi connectivity index (χ3v) is 4.51. The van der Waals surface area contributed by atoms with Crippen LogP contribution in [0.3, 0.4) is 0 Å². The molecule has 0 radical (unpaired) electrons. The fourth-order valence-electron chi connectivity index (χ4n) is 3.32. The van der Waals surface area contributed by atoms with Crippen LogP contribution < -0.4 is 0 Å². The number of hydrogen-bond donors (Lipinski definition) is 0. The summed E-state index contributed by atoms with van der Waals surface area (Å²) in [5.74, 6) is 0.422. The summed E-state index contributed by atoms with van der Waals surface area (Å²) in [5.41, 5.74) is 0. The first-order chi connectivity index (χ1) is 9.75. The van der Waals surface area contributed by atoms with E-state index in [9.17, 15) is 9.59 Å². The molecule has 2 saturated heterocycles. The van der Waals surface area contributed by atoms with Gasteiger partial charge in [0.15, 0.2) is 11.6 Å². The summed E-state index contributed by atoms with van der Waals surface area (Å²) in [4.78, 5) is 29.0. The molecule has 0 aromatic rings. The molecule has 2 atom stereocenters. The molecule has 1 aliphatic carbocycles. The molecule has 0 N–H and O–H groups in total. The highest BCUT2D eigenvalue weighted by atomic mass is 16.5. The van der Waals surface area contributed by atoms with Crippen molar-refractivity contribution in [3.63, 3.8) is 0 Å². The van der Waals surface area contributed by atoms with Crippen LogP contribution in [0.25, 0.3) is 0 Å². The van der Waals surface area contributed by atoms with Crippen LogP contribution in [-0.2, 0) is 19.1 Å². The second-order valence-corrected chi connectivity index (χ2v) is 5.67. The molecule has 6 nitrogen and oxygen atoms in total. The first-order valence-corrected chi connectivity index (χ1v) is 7.45. The van der Waals surface area contributed by atoms with E-state index in [4.69, 9.17) is 9.47 Å². The molecule has 0 aromatic heterocycles. The third kappa shape index (κ3) is 2.93. The van der Waals surface area contributed by atoms with Crippen molar-refractivity contribution in [1.82, 2.24) is 9.80 Å². The molecule has 3 rings (SSSR count). The largest absolute Gasteiger partial charge is 0.379 e. The highest BCUT2D eigenvalue weighted by Crippen LogP contribution is 2.23. The van der Waals surface area contributed by atoms with E-state index in [0.717, 1.165) is 26.2 Å². The molecule has 112 valence electrons. The molecule has 3 aliphatic rings. The second-order valence-electron chi connectivity index (χ2n) is 5.67. The average molecular weight is 282 g/mol. The number of Topliss-reactive ketones (excluding diaryl/α,β-unsaturated/α-hetero) is 2. The van der Waals surface area contributed by atoms with E-state index in [2.05, 4.69) is 9.80 Å². The Morgan fingerprint density at radius 2 is 1.05 bits per heavy atom. The van der Waals surface area contributed by atoms with Crippen molar-refractivity contribution in [2.24, 2.45) is 0 Å². The maximum Gasteiger partial charge on any atom is 0.152 e. The number of rotatable bonds is 2. The molecular weight excluding hydrogens is 260 g/mol. The maximum atomic E-state index is 12.4. The number of carbonyl (C=O) groups excluding carboxylic acids is 2. The molecule has 0 bridgehead atoms. The van der Waals surface area contributed by atoms with Crippen molar-refractivity contribution < 1.29 is 19.1 Å². The Kier molecular flexibility index (Phi) is 4.45. The fraction of sp³-hybridized carbons (Fsp3) is 0.857. The molecule has 2 heterocycles. The van der Waals surface area contributed by atoms with Crippen molar-refractivity contribution in [2.75, 3.05) is 52.6 Å². The maximum absolute atomic E-state index is 12.4. The zero-order chi connectivity index (χ0) is 13.9. The molecule has 0 aromatic carbocycles. The first-order valence-electron chi connectivity index (χ1n) is 7.45. The Labute approximate surface area is 119 Å². The van der Waals surface area contributed by atoms with Crippen LogP contribution in [0.2, 0.25) is 0 Å². The fourth-order valence-corrected chi connectivity index (χ4v) is 3.32. The van der Waals surface area contributed by atoms with Gasteiger partial charge in [-0.05, 0) is 0 Å². The average Bonchev–Trinajstić information content (AvgIpc) is 2.51. The van der Waals surface area contributed by atoms with Gasteiger partial charge < -0.3 is 9.47 Å². The van der Waals surface area contributed by atoms with Gasteiger partial charge in [-0.1, -0.05) is 0 Å². The summed E-state index contributed by atoms with van der Waals surface area (Å²) in [6.07, 6.45) is 0.724. The van der Waals surface area contributed by atoms with Crippen molar-refractivity contribution in [1.29, 1.82) is 0 Å². The second kappa shape index (κ2) is 6.30. The van der Waals surface area contributed by atoms with Crippen LogP contribution in [0.5, 0.6) is 0 Å². The molecule has 0 amide bonds. The van der Waals surface area contributed by atoms with Gasteiger partial charge in [0.25, 0.3) is 0 Å². The Hall–Kier alpha value is -0.820. The smallest absolute Gasteiger partial charge is 0.152 e. The van der Waals surface area contributed by atoms with E-state index in [1.807, 2.05) is 0 Å². The monoisotopic (exact) mass is 282 g/mol. The summed E-state index contributed by atoms with van der Waals surface area (Å²) in [5, 5.41) is 0. The van der Waals surface area contributed by atoms with Gasteiger partial charge in [0, 0.05) is 39.0 Å². The van der Waals surface area contributed by atoms with Crippen molar-refractivity contribution >= 4 is 11.6 Å². The first kappa shape index (κ1) is 14.1. The highest BCUT2D eigenvalue weighted by molar-refractivity contribution is 6.00. The molecule has 0 spiro atoms. The number of hydrogen-bond acceptors (Lipinski definition) is 6. The molecule has 0 unspecified atom stereocenters. The van der Waals surface area contributed by atoms with Crippen molar-refractivity contribution in [3.05, 3.63) is 0 Å². The molecule has 6 heteroatoms. The van der Waals surface area contributed by atoms with Gasteiger partial charge in [-0.3, -0.25) is 19.4 Å². The SMILES string of the molecule is O=C1C[C@H](N2CCOCC2)C(=O)C[C@H]1N1CCOCC1. The van der Waals surface area contributed by atoms with E-state index >= 15 is 0 Å². The van der Waals surface area contributed by atoms with Crippen molar-refractivity contribution in [2.45, 2.75) is 24.9 Å². The normalized spacial score (nSPS) is 34.4. The minimum Gasteiger partial charge on any atom is -0.379 e. The molecule has 1 saturated carbocycles. The molecule has 20 heavy (non-hydrogen) atoms. The van der Waals surface area contributed by atoms with Crippen LogP contribution in [0, 0.1) is 0 Å².